The summed E-state index contributed by atoms with van der Waals surface area (Å²) in [5, 5.41) is 18.4. The average molecular weight is 366 g/mol. The molecule has 0 spiro atoms. The molecule has 2 aromatic rings. The molecule has 27 heavy (non-hydrogen) atoms. The monoisotopic (exact) mass is 366 g/mol. The third-order valence-electron chi connectivity index (χ3n) is 6.80. The van der Waals surface area contributed by atoms with Crippen molar-refractivity contribution in [2.45, 2.75) is 75.7 Å². The van der Waals surface area contributed by atoms with Crippen molar-refractivity contribution < 1.29 is 4.39 Å². The van der Waals surface area contributed by atoms with Crippen LogP contribution in [0.25, 0.3) is 0 Å². The zero-order valence-corrected chi connectivity index (χ0v) is 16.0. The van der Waals surface area contributed by atoms with Gasteiger partial charge in [0.15, 0.2) is 5.54 Å². The lowest BCUT2D eigenvalue weighted by Crippen LogP contribution is -2.35. The lowest BCUT2D eigenvalue weighted by Gasteiger charge is -2.39. The quantitative estimate of drug-likeness (QED) is 0.730. The Morgan fingerprint density at radius 3 is 2.56 bits per heavy atom. The first-order chi connectivity index (χ1) is 13.1. The molecule has 1 aromatic carbocycles. The second kappa shape index (κ2) is 7.07. The molecule has 0 unspecified atom stereocenters. The summed E-state index contributed by atoms with van der Waals surface area (Å²) in [6.45, 7) is 2.31. The maximum Gasteiger partial charge on any atom is 0.150 e. The van der Waals surface area contributed by atoms with E-state index in [4.69, 9.17) is 0 Å². The van der Waals surface area contributed by atoms with Crippen molar-refractivity contribution >= 4 is 0 Å². The Bertz CT molecular complexity index is 825. The summed E-state index contributed by atoms with van der Waals surface area (Å²) in [5.74, 6) is 0.386. The van der Waals surface area contributed by atoms with E-state index < -0.39 is 5.54 Å². The molecular weight excluding hydrogens is 339 g/mol. The highest BCUT2D eigenvalue weighted by atomic mass is 19.1. The molecule has 2 aliphatic rings. The first kappa shape index (κ1) is 18.2. The van der Waals surface area contributed by atoms with Crippen LogP contribution in [0.1, 0.15) is 69.5 Å². The van der Waals surface area contributed by atoms with Crippen molar-refractivity contribution in [3.63, 3.8) is 0 Å². The van der Waals surface area contributed by atoms with Gasteiger partial charge in [0.25, 0.3) is 0 Å². The molecule has 0 N–H and O–H groups in total. The summed E-state index contributed by atoms with van der Waals surface area (Å²) in [4.78, 5) is 0. The summed E-state index contributed by atoms with van der Waals surface area (Å²) < 4.78 is 15.0. The third-order valence-corrected chi connectivity index (χ3v) is 6.80. The molecule has 142 valence electrons. The molecule has 1 heterocycles. The fourth-order valence-corrected chi connectivity index (χ4v) is 4.58. The van der Waals surface area contributed by atoms with Gasteiger partial charge in [-0.05, 0) is 62.1 Å². The summed E-state index contributed by atoms with van der Waals surface area (Å²) in [6.07, 6.45) is 11.9. The standard InChI is InChI=1S/C22H27FN4/c1-21(18-5-3-2-4-6-18,12-11-17-7-9-19(23)10-8-17)20-15-27(26-25-20)22(16-24)13-14-22/h7-10,15,18H,2-6,11-14H2,1H3/t21-/m0/s1. The fraction of sp³-hybridized carbons (Fsp3) is 0.591. The van der Waals surface area contributed by atoms with Gasteiger partial charge >= 0.3 is 0 Å². The smallest absolute Gasteiger partial charge is 0.150 e. The van der Waals surface area contributed by atoms with Gasteiger partial charge in [-0.2, -0.15) is 5.26 Å². The predicted molar refractivity (Wildman–Crippen MR) is 101 cm³/mol. The van der Waals surface area contributed by atoms with Gasteiger partial charge in [-0.1, -0.05) is 43.5 Å². The van der Waals surface area contributed by atoms with Gasteiger partial charge < -0.3 is 0 Å². The van der Waals surface area contributed by atoms with Gasteiger partial charge in [0.2, 0.25) is 0 Å². The molecule has 2 aliphatic carbocycles. The average Bonchev–Trinajstić information content (AvgIpc) is 3.35. The van der Waals surface area contributed by atoms with Crippen LogP contribution in [-0.2, 0) is 17.4 Å². The minimum Gasteiger partial charge on any atom is -0.232 e. The Kier molecular flexibility index (Phi) is 4.75. The molecule has 4 nitrogen and oxygen atoms in total. The molecule has 2 fully saturated rings. The lowest BCUT2D eigenvalue weighted by atomic mass is 9.65. The molecule has 5 heteroatoms. The number of aromatic nitrogens is 3. The number of hydrogen-bond donors (Lipinski definition) is 0. The van der Waals surface area contributed by atoms with Gasteiger partial charge in [0.05, 0.1) is 18.0 Å². The number of hydrogen-bond acceptors (Lipinski definition) is 3. The van der Waals surface area contributed by atoms with Gasteiger partial charge in [-0.25, -0.2) is 9.07 Å². The van der Waals surface area contributed by atoms with E-state index in [9.17, 15) is 9.65 Å². The van der Waals surface area contributed by atoms with Crippen LogP contribution in [0.5, 0.6) is 0 Å². The van der Waals surface area contributed by atoms with E-state index >= 15 is 0 Å². The Balaban J connectivity index is 1.60. The Morgan fingerprint density at radius 2 is 1.93 bits per heavy atom. The molecule has 1 atom stereocenters. The van der Waals surface area contributed by atoms with E-state index in [2.05, 4.69) is 23.3 Å². The Morgan fingerprint density at radius 1 is 1.22 bits per heavy atom. The van der Waals surface area contributed by atoms with Crippen LogP contribution < -0.4 is 0 Å². The molecular formula is C22H27FN4. The first-order valence-electron chi connectivity index (χ1n) is 10.1. The summed E-state index contributed by atoms with van der Waals surface area (Å²) in [6, 6.07) is 9.23. The maximum atomic E-state index is 13.2. The van der Waals surface area contributed by atoms with Crippen molar-refractivity contribution in [1.82, 2.24) is 15.0 Å². The SMILES string of the molecule is C[C@@](CCc1ccc(F)cc1)(c1cn(C2(C#N)CC2)nn1)C1CCCCC1. The molecule has 1 aromatic heterocycles. The second-order valence-electron chi connectivity index (χ2n) is 8.57. The van der Waals surface area contributed by atoms with Crippen LogP contribution in [0, 0.1) is 23.1 Å². The van der Waals surface area contributed by atoms with E-state index in [1.54, 1.807) is 4.68 Å². The van der Waals surface area contributed by atoms with Crippen LogP contribution in [0.2, 0.25) is 0 Å². The normalized spacial score (nSPS) is 21.4. The molecule has 0 amide bonds. The number of aryl methyl sites for hydroxylation is 1. The van der Waals surface area contributed by atoms with Crippen molar-refractivity contribution in [3.8, 4) is 6.07 Å². The van der Waals surface area contributed by atoms with Crippen LogP contribution in [0.4, 0.5) is 4.39 Å². The second-order valence-corrected chi connectivity index (χ2v) is 8.57. The highest BCUT2D eigenvalue weighted by molar-refractivity contribution is 5.22. The molecule has 0 saturated heterocycles. The summed E-state index contributed by atoms with van der Waals surface area (Å²) >= 11 is 0. The largest absolute Gasteiger partial charge is 0.232 e. The number of halogens is 1. The summed E-state index contributed by atoms with van der Waals surface area (Å²) in [7, 11) is 0. The van der Waals surface area contributed by atoms with Crippen molar-refractivity contribution in [2.24, 2.45) is 5.92 Å². The minimum atomic E-state index is -0.463. The van der Waals surface area contributed by atoms with Crippen molar-refractivity contribution in [1.29, 1.82) is 5.26 Å². The fourth-order valence-electron chi connectivity index (χ4n) is 4.58. The van der Waals surface area contributed by atoms with Gasteiger partial charge in [-0.15, -0.1) is 5.10 Å². The number of nitriles is 1. The number of nitrogens with zero attached hydrogens (tertiary/aromatic N) is 4. The van der Waals surface area contributed by atoms with Crippen LogP contribution in [-0.4, -0.2) is 15.0 Å². The number of benzene rings is 1. The van der Waals surface area contributed by atoms with E-state index in [-0.39, 0.29) is 11.2 Å². The highest BCUT2D eigenvalue weighted by Gasteiger charge is 2.48. The van der Waals surface area contributed by atoms with Crippen LogP contribution in [0.15, 0.2) is 30.5 Å². The molecule has 0 radical (unpaired) electrons. The van der Waals surface area contributed by atoms with E-state index in [0.717, 1.165) is 36.9 Å². The highest BCUT2D eigenvalue weighted by Crippen LogP contribution is 2.46. The molecule has 4 rings (SSSR count). The third kappa shape index (κ3) is 3.50. The Labute approximate surface area is 160 Å². The molecule has 0 aliphatic heterocycles. The lowest BCUT2D eigenvalue weighted by molar-refractivity contribution is 0.201. The predicted octanol–water partition coefficient (Wildman–Crippen LogP) is 4.90. The van der Waals surface area contributed by atoms with Gasteiger partial charge in [0.1, 0.15) is 5.82 Å². The van der Waals surface area contributed by atoms with Crippen LogP contribution >= 0.6 is 0 Å². The molecule has 2 saturated carbocycles. The van der Waals surface area contributed by atoms with Crippen LogP contribution in [0.3, 0.4) is 0 Å². The topological polar surface area (TPSA) is 54.5 Å². The van der Waals surface area contributed by atoms with E-state index in [0.29, 0.717) is 5.92 Å². The van der Waals surface area contributed by atoms with Crippen molar-refractivity contribution in [3.05, 3.63) is 47.5 Å². The first-order valence-corrected chi connectivity index (χ1v) is 10.1. The minimum absolute atomic E-state index is 0.0708. The Hall–Kier alpha value is -2.22. The zero-order valence-electron chi connectivity index (χ0n) is 16.0. The van der Waals surface area contributed by atoms with E-state index in [1.807, 2.05) is 18.3 Å². The van der Waals surface area contributed by atoms with Gasteiger partial charge in [-0.3, -0.25) is 0 Å². The van der Waals surface area contributed by atoms with Gasteiger partial charge in [0, 0.05) is 5.41 Å². The summed E-state index contributed by atoms with van der Waals surface area (Å²) in [5.41, 5.74) is 1.63. The molecule has 0 bridgehead atoms. The van der Waals surface area contributed by atoms with Crippen molar-refractivity contribution in [2.75, 3.05) is 0 Å². The zero-order chi connectivity index (χ0) is 18.9. The maximum absolute atomic E-state index is 13.2. The number of rotatable bonds is 6. The van der Waals surface area contributed by atoms with E-state index in [1.165, 1.54) is 44.2 Å².